The van der Waals surface area contributed by atoms with Crippen molar-refractivity contribution in [2.24, 2.45) is 0 Å². The van der Waals surface area contributed by atoms with Gasteiger partial charge in [0.1, 0.15) is 5.75 Å². The van der Waals surface area contributed by atoms with Gasteiger partial charge in [0.25, 0.3) is 0 Å². The van der Waals surface area contributed by atoms with E-state index in [0.717, 1.165) is 16.9 Å². The number of halogens is 1. The highest BCUT2D eigenvalue weighted by Crippen LogP contribution is 2.33. The monoisotopic (exact) mass is 306 g/mol. The van der Waals surface area contributed by atoms with Crippen molar-refractivity contribution >= 4 is 22.6 Å². The van der Waals surface area contributed by atoms with Crippen molar-refractivity contribution in [1.29, 1.82) is 0 Å². The van der Waals surface area contributed by atoms with Crippen LogP contribution in [0.4, 0.5) is 0 Å². The normalized spacial score (nSPS) is 14.9. The molecule has 0 aromatic heterocycles. The number of hydrogen-bond acceptors (Lipinski definition) is 2. The van der Waals surface area contributed by atoms with Gasteiger partial charge < -0.3 is 9.84 Å². The van der Waals surface area contributed by atoms with Gasteiger partial charge in [-0.25, -0.2) is 0 Å². The van der Waals surface area contributed by atoms with E-state index in [1.807, 2.05) is 25.1 Å². The average Bonchev–Trinajstić information content (AvgIpc) is 2.17. The summed E-state index contributed by atoms with van der Waals surface area (Å²) < 4.78 is 5.94. The minimum Gasteiger partial charge on any atom is -0.496 e. The maximum atomic E-state index is 10.1. The molecule has 1 rings (SSSR count). The molecule has 0 aliphatic heterocycles. The molecule has 0 spiro atoms. The summed E-state index contributed by atoms with van der Waals surface area (Å²) in [5, 5.41) is 10.1. The number of para-hydroxylation sites is 1. The largest absolute Gasteiger partial charge is 0.496 e. The first-order valence-corrected chi connectivity index (χ1v) is 5.98. The van der Waals surface area contributed by atoms with Gasteiger partial charge in [-0.1, -0.05) is 40.8 Å². The lowest BCUT2D eigenvalue weighted by Crippen LogP contribution is -2.23. The van der Waals surface area contributed by atoms with Crippen molar-refractivity contribution in [3.63, 3.8) is 0 Å². The van der Waals surface area contributed by atoms with E-state index in [2.05, 4.69) is 22.6 Å². The molecule has 1 aromatic carbocycles. The molecule has 1 atom stereocenters. The Morgan fingerprint density at radius 3 is 2.64 bits per heavy atom. The number of hydrogen-bond donors (Lipinski definition) is 1. The fraction of sp³-hybridized carbons (Fsp3) is 0.455. The molecule has 3 heteroatoms. The van der Waals surface area contributed by atoms with Crippen LogP contribution in [0.5, 0.6) is 5.75 Å². The van der Waals surface area contributed by atoms with Crippen LogP contribution in [0.25, 0.3) is 0 Å². The Morgan fingerprint density at radius 2 is 2.14 bits per heavy atom. The van der Waals surface area contributed by atoms with Crippen LogP contribution >= 0.6 is 22.6 Å². The quantitative estimate of drug-likeness (QED) is 0.687. The maximum Gasteiger partial charge on any atom is 0.127 e. The van der Waals surface area contributed by atoms with Gasteiger partial charge in [-0.3, -0.25) is 0 Å². The number of methoxy groups -OCH3 is 1. The summed E-state index contributed by atoms with van der Waals surface area (Å²) >= 11 is 2.17. The van der Waals surface area contributed by atoms with E-state index in [4.69, 9.17) is 4.74 Å². The molecule has 0 fully saturated rings. The van der Waals surface area contributed by atoms with E-state index in [1.165, 1.54) is 0 Å². The zero-order valence-corrected chi connectivity index (χ0v) is 10.8. The van der Waals surface area contributed by atoms with Crippen LogP contribution in [0.3, 0.4) is 0 Å². The van der Waals surface area contributed by atoms with Crippen molar-refractivity contribution in [2.75, 3.05) is 11.5 Å². The Balaban J connectivity index is 3.27. The number of aliphatic hydroxyl groups is 1. The van der Waals surface area contributed by atoms with Gasteiger partial charge in [0.15, 0.2) is 0 Å². The van der Waals surface area contributed by atoms with Gasteiger partial charge >= 0.3 is 0 Å². The standard InChI is InChI=1S/C11H15IO2/c1-8-5-4-6-9(10(8)14-3)11(2,13)7-12/h4-6,13H,7H2,1-3H3. The summed E-state index contributed by atoms with van der Waals surface area (Å²) in [6.45, 7) is 3.78. The molecule has 0 aliphatic rings. The van der Waals surface area contributed by atoms with Gasteiger partial charge in [-0.2, -0.15) is 0 Å². The molecule has 78 valence electrons. The Hall–Kier alpha value is -0.290. The third-order valence-electron chi connectivity index (χ3n) is 2.26. The van der Waals surface area contributed by atoms with E-state index in [-0.39, 0.29) is 0 Å². The van der Waals surface area contributed by atoms with Crippen LogP contribution in [-0.4, -0.2) is 16.6 Å². The molecular weight excluding hydrogens is 291 g/mol. The fourth-order valence-corrected chi connectivity index (χ4v) is 1.83. The minimum absolute atomic E-state index is 0.643. The van der Waals surface area contributed by atoms with Crippen molar-refractivity contribution < 1.29 is 9.84 Å². The molecule has 2 nitrogen and oxygen atoms in total. The Labute approximate surface area is 98.4 Å². The molecular formula is C11H15IO2. The lowest BCUT2D eigenvalue weighted by molar-refractivity contribution is 0.0840. The molecule has 1 unspecified atom stereocenters. The highest BCUT2D eigenvalue weighted by molar-refractivity contribution is 14.1. The van der Waals surface area contributed by atoms with Crippen molar-refractivity contribution in [2.45, 2.75) is 19.4 Å². The molecule has 0 saturated carbocycles. The summed E-state index contributed by atoms with van der Waals surface area (Å²) in [5.74, 6) is 0.786. The average molecular weight is 306 g/mol. The first-order valence-electron chi connectivity index (χ1n) is 4.45. The van der Waals surface area contributed by atoms with Gasteiger partial charge in [-0.15, -0.1) is 0 Å². The molecule has 0 aliphatic carbocycles. The Bertz CT molecular complexity index is 321. The molecule has 0 bridgehead atoms. The van der Waals surface area contributed by atoms with Crippen molar-refractivity contribution in [3.8, 4) is 5.75 Å². The second-order valence-corrected chi connectivity index (χ2v) is 4.33. The minimum atomic E-state index is -0.822. The molecule has 0 radical (unpaired) electrons. The molecule has 14 heavy (non-hydrogen) atoms. The number of benzene rings is 1. The van der Waals surface area contributed by atoms with Crippen LogP contribution in [0.1, 0.15) is 18.1 Å². The van der Waals surface area contributed by atoms with Crippen molar-refractivity contribution in [1.82, 2.24) is 0 Å². The van der Waals surface area contributed by atoms with Gasteiger partial charge in [-0.05, 0) is 19.4 Å². The smallest absolute Gasteiger partial charge is 0.127 e. The van der Waals surface area contributed by atoms with Crippen molar-refractivity contribution in [3.05, 3.63) is 29.3 Å². The molecule has 0 saturated heterocycles. The predicted molar refractivity (Wildman–Crippen MR) is 66.2 cm³/mol. The molecule has 1 N–H and O–H groups in total. The first kappa shape index (κ1) is 11.8. The van der Waals surface area contributed by atoms with E-state index in [1.54, 1.807) is 14.0 Å². The summed E-state index contributed by atoms with van der Waals surface area (Å²) in [6, 6.07) is 5.82. The third kappa shape index (κ3) is 2.20. The van der Waals surface area contributed by atoms with Crippen LogP contribution in [0.2, 0.25) is 0 Å². The maximum absolute atomic E-state index is 10.1. The summed E-state index contributed by atoms with van der Waals surface area (Å²) in [4.78, 5) is 0. The zero-order valence-electron chi connectivity index (χ0n) is 8.67. The van der Waals surface area contributed by atoms with Crippen LogP contribution < -0.4 is 4.74 Å². The van der Waals surface area contributed by atoms with E-state index in [9.17, 15) is 5.11 Å². The van der Waals surface area contributed by atoms with Crippen LogP contribution in [0.15, 0.2) is 18.2 Å². The van der Waals surface area contributed by atoms with Gasteiger partial charge in [0.2, 0.25) is 0 Å². The van der Waals surface area contributed by atoms with E-state index >= 15 is 0 Å². The van der Waals surface area contributed by atoms with Gasteiger partial charge in [0.05, 0.1) is 12.7 Å². The predicted octanol–water partition coefficient (Wildman–Crippen LogP) is 2.65. The number of alkyl halides is 1. The highest BCUT2D eigenvalue weighted by Gasteiger charge is 2.25. The SMILES string of the molecule is COc1c(C)cccc1C(C)(O)CI. The third-order valence-corrected chi connectivity index (χ3v) is 3.74. The molecule has 0 heterocycles. The number of ether oxygens (including phenoxy) is 1. The van der Waals surface area contributed by atoms with Crippen LogP contribution in [-0.2, 0) is 5.60 Å². The second-order valence-electron chi connectivity index (χ2n) is 3.56. The summed E-state index contributed by atoms with van der Waals surface area (Å²) in [6.07, 6.45) is 0. The number of aryl methyl sites for hydroxylation is 1. The lowest BCUT2D eigenvalue weighted by Gasteiger charge is -2.24. The Morgan fingerprint density at radius 1 is 1.50 bits per heavy atom. The molecule has 1 aromatic rings. The van der Waals surface area contributed by atoms with E-state index < -0.39 is 5.60 Å². The van der Waals surface area contributed by atoms with Gasteiger partial charge in [0, 0.05) is 9.99 Å². The Kier molecular flexibility index (Phi) is 3.78. The summed E-state index contributed by atoms with van der Waals surface area (Å²) in [7, 11) is 1.63. The lowest BCUT2D eigenvalue weighted by atomic mass is 9.95. The topological polar surface area (TPSA) is 29.5 Å². The number of rotatable bonds is 3. The second kappa shape index (κ2) is 4.49. The highest BCUT2D eigenvalue weighted by atomic mass is 127. The zero-order chi connectivity index (χ0) is 10.8. The first-order chi connectivity index (χ1) is 6.53. The fourth-order valence-electron chi connectivity index (χ4n) is 1.42. The van der Waals surface area contributed by atoms with E-state index in [0.29, 0.717) is 4.43 Å². The van der Waals surface area contributed by atoms with Crippen LogP contribution in [0, 0.1) is 6.92 Å². The summed E-state index contributed by atoms with van der Waals surface area (Å²) in [5.41, 5.74) is 1.09. The molecule has 0 amide bonds.